The first-order valence-corrected chi connectivity index (χ1v) is 10.2. The number of benzene rings is 1. The molecule has 0 fully saturated rings. The molecule has 0 bridgehead atoms. The largest absolute Gasteiger partial charge is 0.492 e. The van der Waals surface area contributed by atoms with E-state index in [4.69, 9.17) is 9.47 Å². The molecule has 1 aromatic rings. The van der Waals surface area contributed by atoms with E-state index < -0.39 is 0 Å². The van der Waals surface area contributed by atoms with Crippen LogP contribution in [0.5, 0.6) is 11.5 Å². The van der Waals surface area contributed by atoms with E-state index in [1.807, 2.05) is 12.1 Å². The van der Waals surface area contributed by atoms with Crippen LogP contribution < -0.4 is 9.47 Å². The molecule has 0 aromatic heterocycles. The first-order chi connectivity index (χ1) is 10.2. The molecule has 2 nitrogen and oxygen atoms in total. The monoisotopic (exact) mass is 484 g/mol. The lowest BCUT2D eigenvalue weighted by Gasteiger charge is -2.12. The normalized spacial score (nSPS) is 10.7. The predicted molar refractivity (Wildman–Crippen MR) is 100 cm³/mol. The Labute approximate surface area is 153 Å². The summed E-state index contributed by atoms with van der Waals surface area (Å²) < 4.78 is 13.3. The average molecular weight is 487 g/mol. The summed E-state index contributed by atoms with van der Waals surface area (Å²) in [6, 6.07) is 3.91. The summed E-state index contributed by atoms with van der Waals surface area (Å²) in [7, 11) is 0. The van der Waals surface area contributed by atoms with E-state index in [0.29, 0.717) is 6.61 Å². The summed E-state index contributed by atoms with van der Waals surface area (Å²) in [6.07, 6.45) is 7.63. The summed E-state index contributed by atoms with van der Waals surface area (Å²) in [5, 5.41) is 0.813. The van der Waals surface area contributed by atoms with E-state index in [1.165, 1.54) is 32.1 Å². The Morgan fingerprint density at radius 1 is 0.810 bits per heavy atom. The van der Waals surface area contributed by atoms with Crippen molar-refractivity contribution >= 4 is 47.8 Å². The number of ether oxygens (including phenoxy) is 2. The molecule has 0 radical (unpaired) electrons. The van der Waals surface area contributed by atoms with Gasteiger partial charge in [-0.3, -0.25) is 0 Å². The minimum atomic E-state index is 0.642. The lowest BCUT2D eigenvalue weighted by atomic mass is 10.1. The fourth-order valence-electron chi connectivity index (χ4n) is 1.94. The summed E-state index contributed by atoms with van der Waals surface area (Å²) >= 11 is 10.4. The zero-order valence-electron chi connectivity index (χ0n) is 12.5. The molecule has 0 amide bonds. The second-order valence-corrected chi connectivity index (χ2v) is 7.37. The predicted octanol–water partition coefficient (Wildman–Crippen LogP) is 6.72. The van der Waals surface area contributed by atoms with Crippen molar-refractivity contribution in [2.24, 2.45) is 0 Å². The second kappa shape index (κ2) is 11.8. The molecule has 0 saturated carbocycles. The molecule has 0 aliphatic carbocycles. The van der Waals surface area contributed by atoms with Gasteiger partial charge in [-0.1, -0.05) is 55.0 Å². The van der Waals surface area contributed by atoms with Gasteiger partial charge in [0.05, 0.1) is 22.2 Å². The minimum absolute atomic E-state index is 0.642. The number of halogens is 3. The molecule has 0 spiro atoms. The summed E-state index contributed by atoms with van der Waals surface area (Å²) in [6.45, 7) is 3.64. The molecular weight excluding hydrogens is 464 g/mol. The SMILES string of the molecule is CCCCCCCCOc1cc(Br)c(OCCBr)cc1Br. The maximum absolute atomic E-state index is 5.84. The molecule has 5 heteroatoms. The average Bonchev–Trinajstić information content (AvgIpc) is 2.48. The first kappa shape index (κ1) is 19.3. The van der Waals surface area contributed by atoms with Crippen molar-refractivity contribution in [3.05, 3.63) is 21.1 Å². The van der Waals surface area contributed by atoms with Crippen molar-refractivity contribution in [1.29, 1.82) is 0 Å². The van der Waals surface area contributed by atoms with E-state index in [-0.39, 0.29) is 0 Å². The van der Waals surface area contributed by atoms with Gasteiger partial charge in [-0.15, -0.1) is 0 Å². The fraction of sp³-hybridized carbons (Fsp3) is 0.625. The maximum Gasteiger partial charge on any atom is 0.134 e. The molecular formula is C16H23Br3O2. The van der Waals surface area contributed by atoms with Crippen LogP contribution in [-0.2, 0) is 0 Å². The highest BCUT2D eigenvalue weighted by Gasteiger charge is 2.09. The molecule has 21 heavy (non-hydrogen) atoms. The first-order valence-electron chi connectivity index (χ1n) is 7.49. The van der Waals surface area contributed by atoms with Gasteiger partial charge in [0.1, 0.15) is 11.5 Å². The van der Waals surface area contributed by atoms with Gasteiger partial charge in [0.15, 0.2) is 0 Å². The Morgan fingerprint density at radius 3 is 1.90 bits per heavy atom. The zero-order chi connectivity index (χ0) is 15.5. The van der Waals surface area contributed by atoms with Gasteiger partial charge in [0.25, 0.3) is 0 Å². The third kappa shape index (κ3) is 7.89. The van der Waals surface area contributed by atoms with Gasteiger partial charge in [0, 0.05) is 5.33 Å². The van der Waals surface area contributed by atoms with Crippen molar-refractivity contribution < 1.29 is 9.47 Å². The van der Waals surface area contributed by atoms with Crippen LogP contribution in [0.3, 0.4) is 0 Å². The van der Waals surface area contributed by atoms with E-state index in [2.05, 4.69) is 54.7 Å². The van der Waals surface area contributed by atoms with Gasteiger partial charge in [-0.25, -0.2) is 0 Å². The molecule has 0 atom stereocenters. The number of rotatable bonds is 11. The Bertz CT molecular complexity index is 411. The van der Waals surface area contributed by atoms with Crippen molar-refractivity contribution in [2.45, 2.75) is 45.4 Å². The minimum Gasteiger partial charge on any atom is -0.492 e. The Hall–Kier alpha value is 0.260. The quantitative estimate of drug-likeness (QED) is 0.255. The molecule has 120 valence electrons. The molecule has 0 unspecified atom stereocenters. The van der Waals surface area contributed by atoms with E-state index in [9.17, 15) is 0 Å². The molecule has 1 aromatic carbocycles. The Balaban J connectivity index is 2.36. The molecule has 0 aliphatic heterocycles. The number of hydrogen-bond acceptors (Lipinski definition) is 2. The van der Waals surface area contributed by atoms with Crippen LogP contribution in [0.25, 0.3) is 0 Å². The van der Waals surface area contributed by atoms with Crippen LogP contribution >= 0.6 is 47.8 Å². The number of unbranched alkanes of at least 4 members (excludes halogenated alkanes) is 5. The molecule has 0 N–H and O–H groups in total. The summed E-state index contributed by atoms with van der Waals surface area (Å²) in [5.74, 6) is 1.69. The summed E-state index contributed by atoms with van der Waals surface area (Å²) in [5.41, 5.74) is 0. The van der Waals surface area contributed by atoms with E-state index in [0.717, 1.165) is 38.8 Å². The number of hydrogen-bond donors (Lipinski definition) is 0. The zero-order valence-corrected chi connectivity index (χ0v) is 17.2. The lowest BCUT2D eigenvalue weighted by molar-refractivity contribution is 0.300. The maximum atomic E-state index is 5.84. The molecule has 0 aliphatic rings. The van der Waals surface area contributed by atoms with Crippen LogP contribution in [-0.4, -0.2) is 18.5 Å². The van der Waals surface area contributed by atoms with Gasteiger partial charge in [-0.2, -0.15) is 0 Å². The van der Waals surface area contributed by atoms with Crippen molar-refractivity contribution in [2.75, 3.05) is 18.5 Å². The van der Waals surface area contributed by atoms with Crippen LogP contribution in [0.4, 0.5) is 0 Å². The standard InChI is InChI=1S/C16H23Br3O2/c1-2-3-4-5-6-7-9-20-15-11-14(19)16(12-13(15)18)21-10-8-17/h11-12H,2-10H2,1H3. The van der Waals surface area contributed by atoms with Crippen LogP contribution in [0, 0.1) is 0 Å². The van der Waals surface area contributed by atoms with Crippen LogP contribution in [0.1, 0.15) is 45.4 Å². The van der Waals surface area contributed by atoms with Crippen molar-refractivity contribution in [3.8, 4) is 11.5 Å². The topological polar surface area (TPSA) is 18.5 Å². The third-order valence-electron chi connectivity index (χ3n) is 3.08. The van der Waals surface area contributed by atoms with Gasteiger partial charge in [-0.05, 0) is 50.4 Å². The highest BCUT2D eigenvalue weighted by Crippen LogP contribution is 2.36. The highest BCUT2D eigenvalue weighted by atomic mass is 79.9. The van der Waals surface area contributed by atoms with Crippen LogP contribution in [0.15, 0.2) is 21.1 Å². The van der Waals surface area contributed by atoms with Gasteiger partial charge >= 0.3 is 0 Å². The summed E-state index contributed by atoms with van der Waals surface area (Å²) in [4.78, 5) is 0. The van der Waals surface area contributed by atoms with Gasteiger partial charge < -0.3 is 9.47 Å². The Kier molecular flexibility index (Phi) is 10.8. The Morgan fingerprint density at radius 2 is 1.33 bits per heavy atom. The van der Waals surface area contributed by atoms with Crippen LogP contribution in [0.2, 0.25) is 0 Å². The van der Waals surface area contributed by atoms with Crippen molar-refractivity contribution in [3.63, 3.8) is 0 Å². The number of alkyl halides is 1. The molecule has 0 saturated heterocycles. The van der Waals surface area contributed by atoms with E-state index >= 15 is 0 Å². The molecule has 0 heterocycles. The van der Waals surface area contributed by atoms with Gasteiger partial charge in [0.2, 0.25) is 0 Å². The second-order valence-electron chi connectivity index (χ2n) is 4.87. The molecule has 1 rings (SSSR count). The smallest absolute Gasteiger partial charge is 0.134 e. The van der Waals surface area contributed by atoms with E-state index in [1.54, 1.807) is 0 Å². The third-order valence-corrected chi connectivity index (χ3v) is 4.64. The van der Waals surface area contributed by atoms with Crippen molar-refractivity contribution in [1.82, 2.24) is 0 Å². The highest BCUT2D eigenvalue weighted by molar-refractivity contribution is 9.11. The lowest BCUT2D eigenvalue weighted by Crippen LogP contribution is -2.01. The fourth-order valence-corrected chi connectivity index (χ4v) is 2.98.